The Hall–Kier alpha value is -0.500. The van der Waals surface area contributed by atoms with Gasteiger partial charge in [-0.2, -0.15) is 0 Å². The zero-order valence-electron chi connectivity index (χ0n) is 8.20. The lowest BCUT2D eigenvalue weighted by atomic mass is 10.2. The van der Waals surface area contributed by atoms with Crippen LogP contribution < -0.4 is 11.1 Å². The van der Waals surface area contributed by atoms with Crippen LogP contribution >= 0.6 is 27.3 Å². The van der Waals surface area contributed by atoms with Gasteiger partial charge in [0.1, 0.15) is 0 Å². The second kappa shape index (κ2) is 6.16. The van der Waals surface area contributed by atoms with Gasteiger partial charge in [0.2, 0.25) is 5.91 Å². The van der Waals surface area contributed by atoms with E-state index in [0.717, 1.165) is 3.79 Å². The fraction of sp³-hybridized carbons (Fsp3) is 0.500. The van der Waals surface area contributed by atoms with Crippen LogP contribution in [0.15, 0.2) is 9.98 Å². The monoisotopic (exact) mass is 293 g/mol. The number of thiazole rings is 1. The number of nitrogens with two attached hydrogens (primary N) is 1. The average Bonchev–Trinajstić information content (AvgIpc) is 2.60. The van der Waals surface area contributed by atoms with Crippen molar-refractivity contribution in [3.63, 3.8) is 0 Å². The van der Waals surface area contributed by atoms with Crippen molar-refractivity contribution in [2.24, 2.45) is 5.73 Å². The van der Waals surface area contributed by atoms with E-state index in [2.05, 4.69) is 26.2 Å². The highest BCUT2D eigenvalue weighted by Crippen LogP contribution is 2.23. The van der Waals surface area contributed by atoms with Crippen molar-refractivity contribution in [2.45, 2.75) is 12.5 Å². The number of hydrogen-bond acceptors (Lipinski definition) is 5. The lowest BCUT2D eigenvalue weighted by Gasteiger charge is -2.09. The molecule has 1 amide bonds. The standard InChI is InChI=1S/C8H12BrN3O2S/c1-14-3-2-5(10)7(13)12-8-11-4-6(9)15-8/h4-5H,2-3,10H2,1H3,(H,11,12,13). The summed E-state index contributed by atoms with van der Waals surface area (Å²) >= 11 is 4.60. The van der Waals surface area contributed by atoms with Gasteiger partial charge in [-0.3, -0.25) is 4.79 Å². The van der Waals surface area contributed by atoms with Gasteiger partial charge in [-0.25, -0.2) is 4.98 Å². The summed E-state index contributed by atoms with van der Waals surface area (Å²) < 4.78 is 5.70. The minimum atomic E-state index is -0.562. The zero-order chi connectivity index (χ0) is 11.3. The second-order valence-corrected chi connectivity index (χ2v) is 5.26. The number of nitrogens with one attached hydrogen (secondary N) is 1. The van der Waals surface area contributed by atoms with E-state index in [1.165, 1.54) is 11.3 Å². The van der Waals surface area contributed by atoms with Gasteiger partial charge in [-0.1, -0.05) is 11.3 Å². The summed E-state index contributed by atoms with van der Waals surface area (Å²) in [6.45, 7) is 0.468. The van der Waals surface area contributed by atoms with Crippen molar-refractivity contribution >= 4 is 38.3 Å². The molecule has 5 nitrogen and oxygen atoms in total. The molecule has 1 unspecified atom stereocenters. The molecule has 84 valence electrons. The molecule has 15 heavy (non-hydrogen) atoms. The largest absolute Gasteiger partial charge is 0.385 e. The van der Waals surface area contributed by atoms with Crippen molar-refractivity contribution in [1.29, 1.82) is 0 Å². The number of carbonyl (C=O) groups excluding carboxylic acids is 1. The third-order valence-corrected chi connectivity index (χ3v) is 3.07. The van der Waals surface area contributed by atoms with Gasteiger partial charge in [0.05, 0.1) is 16.0 Å². The normalized spacial score (nSPS) is 12.5. The van der Waals surface area contributed by atoms with E-state index < -0.39 is 6.04 Å². The van der Waals surface area contributed by atoms with Crippen LogP contribution in [0.2, 0.25) is 0 Å². The Kier molecular flexibility index (Phi) is 5.16. The fourth-order valence-corrected chi connectivity index (χ4v) is 2.00. The van der Waals surface area contributed by atoms with Crippen LogP contribution in [0.5, 0.6) is 0 Å². The zero-order valence-corrected chi connectivity index (χ0v) is 10.6. The molecule has 0 spiro atoms. The maximum absolute atomic E-state index is 11.5. The molecule has 0 saturated heterocycles. The molecule has 0 aliphatic rings. The topological polar surface area (TPSA) is 77.2 Å². The first-order valence-electron chi connectivity index (χ1n) is 4.30. The molecule has 0 bridgehead atoms. The van der Waals surface area contributed by atoms with Crippen LogP contribution in [0, 0.1) is 0 Å². The summed E-state index contributed by atoms with van der Waals surface area (Å²) in [5, 5.41) is 3.17. The highest BCUT2D eigenvalue weighted by molar-refractivity contribution is 9.11. The van der Waals surface area contributed by atoms with Gasteiger partial charge in [-0.15, -0.1) is 0 Å². The van der Waals surface area contributed by atoms with Gasteiger partial charge >= 0.3 is 0 Å². The predicted molar refractivity (Wildman–Crippen MR) is 62.9 cm³/mol. The fourth-order valence-electron chi connectivity index (χ4n) is 0.886. The van der Waals surface area contributed by atoms with Crippen molar-refractivity contribution in [3.8, 4) is 0 Å². The molecule has 1 aromatic heterocycles. The highest BCUT2D eigenvalue weighted by Gasteiger charge is 2.14. The molecule has 1 heterocycles. The van der Waals surface area contributed by atoms with Crippen molar-refractivity contribution in [1.82, 2.24) is 4.98 Å². The van der Waals surface area contributed by atoms with E-state index in [9.17, 15) is 4.79 Å². The number of aromatic nitrogens is 1. The van der Waals surface area contributed by atoms with Crippen LogP contribution in [0.4, 0.5) is 5.13 Å². The lowest BCUT2D eigenvalue weighted by Crippen LogP contribution is -2.36. The summed E-state index contributed by atoms with van der Waals surface area (Å²) in [6, 6.07) is -0.562. The predicted octanol–water partition coefficient (Wildman–Crippen LogP) is 1.21. The van der Waals surface area contributed by atoms with Gasteiger partial charge in [-0.05, 0) is 22.4 Å². The number of methoxy groups -OCH3 is 1. The number of hydrogen-bond donors (Lipinski definition) is 2. The van der Waals surface area contributed by atoms with Crippen LogP contribution in [-0.2, 0) is 9.53 Å². The molecule has 0 aromatic carbocycles. The third kappa shape index (κ3) is 4.25. The second-order valence-electron chi connectivity index (χ2n) is 2.85. The molecule has 0 aliphatic carbocycles. The number of rotatable bonds is 5. The molecule has 1 atom stereocenters. The maximum atomic E-state index is 11.5. The van der Waals surface area contributed by atoms with Crippen LogP contribution in [0.3, 0.4) is 0 Å². The molecule has 0 radical (unpaired) electrons. The Bertz CT molecular complexity index is 331. The Morgan fingerprint density at radius 3 is 3.13 bits per heavy atom. The number of carbonyl (C=O) groups is 1. The van der Waals surface area contributed by atoms with Crippen molar-refractivity contribution in [2.75, 3.05) is 19.0 Å². The van der Waals surface area contributed by atoms with Gasteiger partial charge in [0, 0.05) is 13.7 Å². The van der Waals surface area contributed by atoms with E-state index in [1.54, 1.807) is 13.3 Å². The summed E-state index contributed by atoms with van der Waals surface area (Å²) in [5.41, 5.74) is 5.63. The van der Waals surface area contributed by atoms with E-state index in [-0.39, 0.29) is 5.91 Å². The Morgan fingerprint density at radius 2 is 2.60 bits per heavy atom. The molecule has 0 fully saturated rings. The minimum absolute atomic E-state index is 0.242. The Balaban J connectivity index is 2.41. The highest BCUT2D eigenvalue weighted by atomic mass is 79.9. The summed E-state index contributed by atoms with van der Waals surface area (Å²) in [5.74, 6) is -0.242. The lowest BCUT2D eigenvalue weighted by molar-refractivity contribution is -0.117. The Morgan fingerprint density at radius 1 is 1.87 bits per heavy atom. The van der Waals surface area contributed by atoms with Gasteiger partial charge < -0.3 is 15.8 Å². The van der Waals surface area contributed by atoms with E-state index >= 15 is 0 Å². The molecule has 3 N–H and O–H groups in total. The number of anilines is 1. The number of ether oxygens (including phenoxy) is 1. The minimum Gasteiger partial charge on any atom is -0.385 e. The maximum Gasteiger partial charge on any atom is 0.243 e. The summed E-state index contributed by atoms with van der Waals surface area (Å²) in [6.07, 6.45) is 2.12. The van der Waals surface area contributed by atoms with Crippen LogP contribution in [-0.4, -0.2) is 30.6 Å². The first kappa shape index (κ1) is 12.6. The van der Waals surface area contributed by atoms with Crippen molar-refractivity contribution in [3.05, 3.63) is 9.98 Å². The molecule has 1 rings (SSSR count). The SMILES string of the molecule is COCCC(N)C(=O)Nc1ncc(Br)s1. The smallest absolute Gasteiger partial charge is 0.243 e. The molecule has 1 aromatic rings. The first-order chi connectivity index (χ1) is 7.13. The van der Waals surface area contributed by atoms with Crippen LogP contribution in [0.25, 0.3) is 0 Å². The summed E-state index contributed by atoms with van der Waals surface area (Å²) in [4.78, 5) is 15.5. The number of nitrogens with zero attached hydrogens (tertiary/aromatic N) is 1. The van der Waals surface area contributed by atoms with E-state index in [0.29, 0.717) is 18.2 Å². The number of halogens is 1. The summed E-state index contributed by atoms with van der Waals surface area (Å²) in [7, 11) is 1.57. The quantitative estimate of drug-likeness (QED) is 0.855. The van der Waals surface area contributed by atoms with Crippen molar-refractivity contribution < 1.29 is 9.53 Å². The molecular formula is C8H12BrN3O2S. The third-order valence-electron chi connectivity index (χ3n) is 1.68. The van der Waals surface area contributed by atoms with E-state index in [1.807, 2.05) is 0 Å². The first-order valence-corrected chi connectivity index (χ1v) is 5.91. The molecular weight excluding hydrogens is 282 g/mol. The van der Waals surface area contributed by atoms with E-state index in [4.69, 9.17) is 10.5 Å². The van der Waals surface area contributed by atoms with Crippen LogP contribution in [0.1, 0.15) is 6.42 Å². The molecule has 7 heteroatoms. The Labute approximate surface area is 100 Å². The molecule has 0 aliphatic heterocycles. The van der Waals surface area contributed by atoms with Gasteiger partial charge in [0.25, 0.3) is 0 Å². The molecule has 0 saturated carbocycles. The average molecular weight is 294 g/mol. The number of amides is 1. The van der Waals surface area contributed by atoms with Gasteiger partial charge in [0.15, 0.2) is 5.13 Å².